The molecule has 2 aromatic heterocycles. The van der Waals surface area contributed by atoms with Crippen molar-refractivity contribution in [2.75, 3.05) is 0 Å². The van der Waals surface area contributed by atoms with E-state index in [4.69, 9.17) is 29.9 Å². The van der Waals surface area contributed by atoms with Gasteiger partial charge in [-0.1, -0.05) is 176 Å². The van der Waals surface area contributed by atoms with Crippen LogP contribution in [0.15, 0.2) is 188 Å². The van der Waals surface area contributed by atoms with E-state index in [1.165, 1.54) is 0 Å². The lowest BCUT2D eigenvalue weighted by Gasteiger charge is -2.14. The monoisotopic (exact) mass is 717 g/mol. The van der Waals surface area contributed by atoms with E-state index >= 15 is 0 Å². The largest absolute Gasteiger partial charge is 0.208 e. The Kier molecular flexibility index (Phi) is 9.18. The number of aromatic nitrogens is 6. The molecule has 0 unspecified atom stereocenters. The first kappa shape index (κ1) is 33.9. The molecule has 56 heavy (non-hydrogen) atoms. The topological polar surface area (TPSA) is 101 Å². The Labute approximate surface area is 324 Å². The molecule has 0 amide bonds. The zero-order chi connectivity index (χ0) is 37.7. The Morgan fingerprint density at radius 3 is 1.00 bits per heavy atom. The molecule has 0 fully saturated rings. The van der Waals surface area contributed by atoms with Crippen molar-refractivity contribution in [3.63, 3.8) is 0 Å². The van der Waals surface area contributed by atoms with Gasteiger partial charge in [0.2, 0.25) is 0 Å². The molecule has 0 aliphatic heterocycles. The predicted molar refractivity (Wildman–Crippen MR) is 221 cm³/mol. The second-order valence-corrected chi connectivity index (χ2v) is 13.1. The summed E-state index contributed by atoms with van der Waals surface area (Å²) < 4.78 is 0. The van der Waals surface area contributed by atoms with Crippen molar-refractivity contribution < 1.29 is 0 Å². The van der Waals surface area contributed by atoms with E-state index < -0.39 is 0 Å². The molecule has 9 rings (SSSR count). The number of nitriles is 1. The van der Waals surface area contributed by atoms with Gasteiger partial charge in [-0.15, -0.1) is 0 Å². The summed E-state index contributed by atoms with van der Waals surface area (Å²) >= 11 is 0. The normalized spacial score (nSPS) is 10.8. The number of hydrogen-bond donors (Lipinski definition) is 0. The van der Waals surface area contributed by atoms with Crippen LogP contribution in [0.2, 0.25) is 0 Å². The van der Waals surface area contributed by atoms with Gasteiger partial charge in [0, 0.05) is 38.9 Å². The van der Waals surface area contributed by atoms with Crippen molar-refractivity contribution in [2.24, 2.45) is 0 Å². The maximum absolute atomic E-state index is 10.3. The van der Waals surface area contributed by atoms with E-state index in [-0.39, 0.29) is 0 Å². The minimum Gasteiger partial charge on any atom is -0.208 e. The Morgan fingerprint density at radius 2 is 0.589 bits per heavy atom. The van der Waals surface area contributed by atoms with E-state index in [0.29, 0.717) is 40.5 Å². The summed E-state index contributed by atoms with van der Waals surface area (Å²) in [4.78, 5) is 29.5. The molecular formula is C49H31N7. The van der Waals surface area contributed by atoms with Gasteiger partial charge in [-0.2, -0.15) is 5.26 Å². The van der Waals surface area contributed by atoms with Crippen molar-refractivity contribution in [3.05, 3.63) is 194 Å². The summed E-state index contributed by atoms with van der Waals surface area (Å²) in [7, 11) is 0. The Hall–Kier alpha value is -7.95. The van der Waals surface area contributed by atoms with Crippen LogP contribution in [0.4, 0.5) is 0 Å². The molecule has 7 nitrogen and oxygen atoms in total. The summed E-state index contributed by atoms with van der Waals surface area (Å²) in [6.07, 6.45) is 0. The molecule has 262 valence electrons. The maximum Gasteiger partial charge on any atom is 0.164 e. The van der Waals surface area contributed by atoms with Crippen molar-refractivity contribution in [2.45, 2.75) is 0 Å². The highest BCUT2D eigenvalue weighted by atomic mass is 15.0. The second-order valence-electron chi connectivity index (χ2n) is 13.1. The molecule has 0 saturated heterocycles. The molecule has 7 aromatic carbocycles. The zero-order valence-electron chi connectivity index (χ0n) is 30.0. The quantitative estimate of drug-likeness (QED) is 0.154. The molecule has 0 atom stereocenters. The third kappa shape index (κ3) is 6.94. The van der Waals surface area contributed by atoms with Gasteiger partial charge in [-0.05, 0) is 28.8 Å². The van der Waals surface area contributed by atoms with Crippen molar-refractivity contribution in [1.82, 2.24) is 29.9 Å². The van der Waals surface area contributed by atoms with E-state index in [0.717, 1.165) is 55.6 Å². The first-order valence-corrected chi connectivity index (χ1v) is 18.2. The van der Waals surface area contributed by atoms with Gasteiger partial charge in [0.05, 0.1) is 11.6 Å². The van der Waals surface area contributed by atoms with Crippen LogP contribution in [-0.2, 0) is 0 Å². The van der Waals surface area contributed by atoms with Crippen LogP contribution >= 0.6 is 0 Å². The minimum absolute atomic E-state index is 0.561. The van der Waals surface area contributed by atoms with Crippen LogP contribution in [0, 0.1) is 11.3 Å². The van der Waals surface area contributed by atoms with Crippen LogP contribution in [0.5, 0.6) is 0 Å². The van der Waals surface area contributed by atoms with E-state index in [1.807, 2.05) is 176 Å². The summed E-state index contributed by atoms with van der Waals surface area (Å²) in [5.74, 6) is 3.51. The highest BCUT2D eigenvalue weighted by molar-refractivity contribution is 5.86. The summed E-state index contributed by atoms with van der Waals surface area (Å²) in [6, 6.07) is 64.2. The van der Waals surface area contributed by atoms with Gasteiger partial charge in [0.25, 0.3) is 0 Å². The molecule has 0 aliphatic carbocycles. The molecule has 0 N–H and O–H groups in total. The summed E-state index contributed by atoms with van der Waals surface area (Å²) in [6.45, 7) is 0. The van der Waals surface area contributed by atoms with Crippen LogP contribution in [-0.4, -0.2) is 29.9 Å². The number of benzene rings is 7. The van der Waals surface area contributed by atoms with Crippen LogP contribution in [0.3, 0.4) is 0 Å². The average Bonchev–Trinajstić information content (AvgIpc) is 3.29. The number of nitrogens with zero attached hydrogens (tertiary/aromatic N) is 7. The first-order chi connectivity index (χ1) is 27.7. The van der Waals surface area contributed by atoms with Crippen molar-refractivity contribution >= 4 is 0 Å². The van der Waals surface area contributed by atoms with Gasteiger partial charge in [0.15, 0.2) is 34.9 Å². The molecule has 0 radical (unpaired) electrons. The van der Waals surface area contributed by atoms with Gasteiger partial charge in [0.1, 0.15) is 0 Å². The number of hydrogen-bond acceptors (Lipinski definition) is 7. The standard InChI is InChI=1S/C49H31N7/c50-32-40-30-29-39(41-23-13-14-24-42(41)49-55-46(36-19-9-3-10-20-36)54-47(56-49)37-21-11-4-12-22-37)31-43(40)33-25-27-38(28-26-33)48-52-44(34-15-5-1-6-16-34)51-45(53-48)35-17-7-2-8-18-35/h1-31H. The van der Waals surface area contributed by atoms with Crippen LogP contribution in [0.25, 0.3) is 90.6 Å². The highest BCUT2D eigenvalue weighted by Gasteiger charge is 2.18. The molecular weight excluding hydrogens is 687 g/mol. The maximum atomic E-state index is 10.3. The predicted octanol–water partition coefficient (Wildman–Crippen LogP) is 11.3. The van der Waals surface area contributed by atoms with E-state index in [2.05, 4.69) is 18.2 Å². The van der Waals surface area contributed by atoms with Crippen LogP contribution < -0.4 is 0 Å². The van der Waals surface area contributed by atoms with E-state index in [9.17, 15) is 5.26 Å². The lowest BCUT2D eigenvalue weighted by molar-refractivity contribution is 1.07. The minimum atomic E-state index is 0.561. The SMILES string of the molecule is N#Cc1ccc(-c2ccccc2-c2nc(-c3ccccc3)nc(-c3ccccc3)n2)cc1-c1ccc(-c2nc(-c3ccccc3)nc(-c3ccccc3)n2)cc1. The van der Waals surface area contributed by atoms with Gasteiger partial charge in [-0.3, -0.25) is 0 Å². The Bertz CT molecular complexity index is 2720. The molecule has 9 aromatic rings. The van der Waals surface area contributed by atoms with Gasteiger partial charge in [-0.25, -0.2) is 29.9 Å². The van der Waals surface area contributed by atoms with Crippen LogP contribution in [0.1, 0.15) is 5.56 Å². The summed E-state index contributed by atoms with van der Waals surface area (Å²) in [5, 5.41) is 10.3. The Morgan fingerprint density at radius 1 is 0.268 bits per heavy atom. The third-order valence-corrected chi connectivity index (χ3v) is 9.47. The summed E-state index contributed by atoms with van der Waals surface area (Å²) in [5.41, 5.74) is 9.44. The first-order valence-electron chi connectivity index (χ1n) is 18.2. The number of rotatable bonds is 8. The fourth-order valence-corrected chi connectivity index (χ4v) is 6.64. The Balaban J connectivity index is 1.11. The van der Waals surface area contributed by atoms with E-state index in [1.54, 1.807) is 0 Å². The molecule has 2 heterocycles. The fourth-order valence-electron chi connectivity index (χ4n) is 6.64. The second kappa shape index (κ2) is 15.2. The average molecular weight is 718 g/mol. The molecule has 0 saturated carbocycles. The van der Waals surface area contributed by atoms with Crippen molar-refractivity contribution in [3.8, 4) is 96.7 Å². The smallest absolute Gasteiger partial charge is 0.164 e. The third-order valence-electron chi connectivity index (χ3n) is 9.47. The molecule has 0 aliphatic rings. The molecule has 0 spiro atoms. The van der Waals surface area contributed by atoms with Crippen molar-refractivity contribution in [1.29, 1.82) is 5.26 Å². The lowest BCUT2D eigenvalue weighted by Crippen LogP contribution is -2.01. The lowest BCUT2D eigenvalue weighted by atomic mass is 9.92. The zero-order valence-corrected chi connectivity index (χ0v) is 30.0. The van der Waals surface area contributed by atoms with Gasteiger partial charge >= 0.3 is 0 Å². The molecule has 0 bridgehead atoms. The fraction of sp³-hybridized carbons (Fsp3) is 0. The molecule has 7 heteroatoms. The van der Waals surface area contributed by atoms with Gasteiger partial charge < -0.3 is 0 Å². The highest BCUT2D eigenvalue weighted by Crippen LogP contribution is 2.36.